The predicted molar refractivity (Wildman–Crippen MR) is 180 cm³/mol. The highest BCUT2D eigenvalue weighted by atomic mass is 19.1. The third-order valence-electron chi connectivity index (χ3n) is 10.3. The molecule has 262 valence electrons. The molecule has 2 fully saturated rings. The van der Waals surface area contributed by atoms with E-state index < -0.39 is 29.3 Å². The van der Waals surface area contributed by atoms with Crippen molar-refractivity contribution in [2.24, 2.45) is 11.3 Å². The van der Waals surface area contributed by atoms with Gasteiger partial charge in [0.15, 0.2) is 11.5 Å². The van der Waals surface area contributed by atoms with E-state index in [2.05, 4.69) is 13.8 Å². The summed E-state index contributed by atoms with van der Waals surface area (Å²) in [5.74, 6) is -1.33. The van der Waals surface area contributed by atoms with Crippen molar-refractivity contribution in [1.29, 1.82) is 0 Å². The first kappa shape index (κ1) is 35.4. The predicted octanol–water partition coefficient (Wildman–Crippen LogP) is 5.99. The van der Waals surface area contributed by atoms with Crippen LogP contribution in [0.15, 0.2) is 30.3 Å². The van der Waals surface area contributed by atoms with Crippen molar-refractivity contribution in [1.82, 2.24) is 9.80 Å². The molecule has 5 rings (SSSR count). The summed E-state index contributed by atoms with van der Waals surface area (Å²) in [7, 11) is 1.53. The molecule has 0 radical (unpaired) electrons. The van der Waals surface area contributed by atoms with Crippen LogP contribution in [0.2, 0.25) is 0 Å². The number of hydrogen-bond donors (Lipinski definition) is 1. The fourth-order valence-corrected chi connectivity index (χ4v) is 7.76. The third kappa shape index (κ3) is 7.11. The number of halogens is 1. The number of amides is 2. The highest BCUT2D eigenvalue weighted by Crippen LogP contribution is 2.47. The lowest BCUT2D eigenvalue weighted by Crippen LogP contribution is -2.48. The molecule has 0 aromatic heterocycles. The molecule has 3 aliphatic rings. The zero-order chi connectivity index (χ0) is 34.7. The van der Waals surface area contributed by atoms with Gasteiger partial charge in [-0.3, -0.25) is 19.3 Å². The van der Waals surface area contributed by atoms with Gasteiger partial charge in [0.05, 0.1) is 19.6 Å². The Hall–Kier alpha value is -3.86. The number of aliphatic carboxylic acids is 1. The first-order valence-electron chi connectivity index (χ1n) is 17.2. The van der Waals surface area contributed by atoms with Crippen LogP contribution in [-0.2, 0) is 14.4 Å². The minimum absolute atomic E-state index is 0.0214. The van der Waals surface area contributed by atoms with Crippen LogP contribution < -0.4 is 19.1 Å². The molecule has 3 unspecified atom stereocenters. The molecule has 3 aliphatic heterocycles. The topological polar surface area (TPSA) is 109 Å². The summed E-state index contributed by atoms with van der Waals surface area (Å²) in [6.45, 7) is 11.1. The second-order valence-corrected chi connectivity index (χ2v) is 14.1. The van der Waals surface area contributed by atoms with Crippen molar-refractivity contribution in [3.63, 3.8) is 0 Å². The van der Waals surface area contributed by atoms with Crippen LogP contribution in [0.1, 0.15) is 83.3 Å². The maximum atomic E-state index is 14.5. The first-order chi connectivity index (χ1) is 22.9. The minimum atomic E-state index is -0.967. The molecule has 3 heterocycles. The molecule has 2 aromatic rings. The molecule has 11 heteroatoms. The van der Waals surface area contributed by atoms with E-state index in [9.17, 15) is 23.9 Å². The molecule has 0 bridgehead atoms. The number of carbonyl (C=O) groups is 3. The molecular formula is C37H50FN3O7. The average molecular weight is 668 g/mol. The molecular weight excluding hydrogens is 617 g/mol. The summed E-state index contributed by atoms with van der Waals surface area (Å²) in [5.41, 5.74) is 1.36. The number of carbonyl (C=O) groups excluding carboxylic acids is 2. The number of anilines is 1. The number of benzene rings is 2. The van der Waals surface area contributed by atoms with Gasteiger partial charge in [0.1, 0.15) is 5.82 Å². The SMILES string of the molecule is CCCC(CCC)N(C(=O)CN1CC(c2cc(OC)c3c(c2)OCO3)C(C(=O)O)C1CCN1CCC(C)(C)C1=O)c1ccc(F)c(C)c1. The van der Waals surface area contributed by atoms with Crippen LogP contribution in [0.25, 0.3) is 0 Å². The molecule has 48 heavy (non-hydrogen) atoms. The van der Waals surface area contributed by atoms with Crippen molar-refractivity contribution >= 4 is 23.5 Å². The minimum Gasteiger partial charge on any atom is -0.493 e. The van der Waals surface area contributed by atoms with Crippen molar-refractivity contribution in [2.45, 2.75) is 91.1 Å². The van der Waals surface area contributed by atoms with E-state index in [1.54, 1.807) is 30.0 Å². The third-order valence-corrected chi connectivity index (χ3v) is 10.3. The van der Waals surface area contributed by atoms with Crippen molar-refractivity contribution in [3.8, 4) is 17.2 Å². The largest absolute Gasteiger partial charge is 0.493 e. The number of rotatable bonds is 14. The number of hydrogen-bond acceptors (Lipinski definition) is 7. The molecule has 0 aliphatic carbocycles. The van der Waals surface area contributed by atoms with E-state index in [1.165, 1.54) is 13.2 Å². The quantitative estimate of drug-likeness (QED) is 0.262. The normalized spacial score (nSPS) is 21.7. The average Bonchev–Trinajstić information content (AvgIpc) is 3.73. The van der Waals surface area contributed by atoms with Crippen LogP contribution in [-0.4, -0.2) is 84.9 Å². The standard InChI is InChI=1S/C37H50FN3O7/c1-7-9-25(10-8-2)41(26-11-12-28(38)23(3)17-26)32(42)21-40-20-27(24-18-30(46-6)34-31(19-24)47-22-48-34)33(35(43)44)29(40)13-15-39-16-14-37(4,5)36(39)45/h11-12,17-19,25,27,29,33H,7-10,13-16,20-22H2,1-6H3,(H,43,44). The van der Waals surface area contributed by atoms with E-state index in [0.717, 1.165) is 37.7 Å². The Morgan fingerprint density at radius 3 is 2.48 bits per heavy atom. The van der Waals surface area contributed by atoms with Gasteiger partial charge in [0, 0.05) is 48.7 Å². The molecule has 0 saturated carbocycles. The van der Waals surface area contributed by atoms with E-state index in [4.69, 9.17) is 14.2 Å². The monoisotopic (exact) mass is 667 g/mol. The highest BCUT2D eigenvalue weighted by molar-refractivity contribution is 5.95. The Balaban J connectivity index is 1.51. The number of aryl methyl sites for hydroxylation is 1. The van der Waals surface area contributed by atoms with Crippen LogP contribution in [0.5, 0.6) is 17.2 Å². The molecule has 2 saturated heterocycles. The second-order valence-electron chi connectivity index (χ2n) is 14.1. The van der Waals surface area contributed by atoms with Crippen LogP contribution in [0.3, 0.4) is 0 Å². The zero-order valence-electron chi connectivity index (χ0n) is 29.1. The lowest BCUT2D eigenvalue weighted by molar-refractivity contribution is -0.143. The summed E-state index contributed by atoms with van der Waals surface area (Å²) in [4.78, 5) is 46.4. The highest BCUT2D eigenvalue weighted by Gasteiger charge is 2.49. The molecule has 0 spiro atoms. The number of fused-ring (bicyclic) bond motifs is 1. The Morgan fingerprint density at radius 2 is 1.88 bits per heavy atom. The maximum Gasteiger partial charge on any atom is 0.308 e. The van der Waals surface area contributed by atoms with Crippen molar-refractivity contribution < 1.29 is 38.1 Å². The number of carboxylic acids is 1. The van der Waals surface area contributed by atoms with E-state index in [1.807, 2.05) is 29.7 Å². The number of nitrogens with zero attached hydrogens (tertiary/aromatic N) is 3. The van der Waals surface area contributed by atoms with Gasteiger partial charge in [-0.25, -0.2) is 4.39 Å². The van der Waals surface area contributed by atoms with Gasteiger partial charge in [-0.05, 0) is 74.1 Å². The van der Waals surface area contributed by atoms with Gasteiger partial charge in [0.25, 0.3) is 0 Å². The van der Waals surface area contributed by atoms with Gasteiger partial charge < -0.3 is 29.1 Å². The van der Waals surface area contributed by atoms with Crippen molar-refractivity contribution in [3.05, 3.63) is 47.3 Å². The fourth-order valence-electron chi connectivity index (χ4n) is 7.76. The lowest BCUT2D eigenvalue weighted by Gasteiger charge is -2.35. The smallest absolute Gasteiger partial charge is 0.308 e. The van der Waals surface area contributed by atoms with Crippen LogP contribution >= 0.6 is 0 Å². The fraction of sp³-hybridized carbons (Fsp3) is 0.595. The number of carboxylic acid groups (broad SMARTS) is 1. The molecule has 10 nitrogen and oxygen atoms in total. The second kappa shape index (κ2) is 14.7. The number of methoxy groups -OCH3 is 1. The van der Waals surface area contributed by atoms with E-state index >= 15 is 0 Å². The Kier molecular flexibility index (Phi) is 10.9. The van der Waals surface area contributed by atoms with Crippen LogP contribution in [0, 0.1) is 24.1 Å². The van der Waals surface area contributed by atoms with Gasteiger partial charge in [-0.15, -0.1) is 0 Å². The maximum absolute atomic E-state index is 14.5. The van der Waals surface area contributed by atoms with E-state index in [0.29, 0.717) is 54.6 Å². The van der Waals surface area contributed by atoms with E-state index in [-0.39, 0.29) is 37.0 Å². The summed E-state index contributed by atoms with van der Waals surface area (Å²) < 4.78 is 31.2. The first-order valence-corrected chi connectivity index (χ1v) is 17.2. The zero-order valence-corrected chi connectivity index (χ0v) is 29.1. The molecule has 3 atom stereocenters. The molecule has 2 amide bonds. The van der Waals surface area contributed by atoms with Gasteiger partial charge in [-0.2, -0.15) is 0 Å². The lowest BCUT2D eigenvalue weighted by atomic mass is 9.84. The molecule has 2 aromatic carbocycles. The van der Waals surface area contributed by atoms with Gasteiger partial charge >= 0.3 is 5.97 Å². The molecule has 1 N–H and O–H groups in total. The Bertz CT molecular complexity index is 1510. The van der Waals surface area contributed by atoms with Crippen LogP contribution in [0.4, 0.5) is 10.1 Å². The Labute approximate surface area is 283 Å². The number of likely N-dealkylation sites (tertiary alicyclic amines) is 2. The number of ether oxygens (including phenoxy) is 3. The van der Waals surface area contributed by atoms with Crippen molar-refractivity contribution in [2.75, 3.05) is 45.0 Å². The Morgan fingerprint density at radius 1 is 1.15 bits per heavy atom. The summed E-state index contributed by atoms with van der Waals surface area (Å²) >= 11 is 0. The summed E-state index contributed by atoms with van der Waals surface area (Å²) in [5, 5.41) is 10.8. The summed E-state index contributed by atoms with van der Waals surface area (Å²) in [6.07, 6.45) is 4.44. The van der Waals surface area contributed by atoms with Gasteiger partial charge in [-0.1, -0.05) is 40.5 Å². The van der Waals surface area contributed by atoms with Gasteiger partial charge in [0.2, 0.25) is 24.4 Å². The summed E-state index contributed by atoms with van der Waals surface area (Å²) in [6, 6.07) is 7.76.